The van der Waals surface area contributed by atoms with E-state index in [0.717, 1.165) is 0 Å². The maximum Gasteiger partial charge on any atom is 0.356 e. The fourth-order valence-electron chi connectivity index (χ4n) is 2.22. The molecule has 0 radical (unpaired) electrons. The van der Waals surface area contributed by atoms with Crippen LogP contribution in [0.1, 0.15) is 16.2 Å². The summed E-state index contributed by atoms with van der Waals surface area (Å²) in [6.07, 6.45) is 1.53. The van der Waals surface area contributed by atoms with Gasteiger partial charge >= 0.3 is 5.97 Å². The van der Waals surface area contributed by atoms with Crippen molar-refractivity contribution in [3.63, 3.8) is 0 Å². The zero-order chi connectivity index (χ0) is 18.5. The minimum Gasteiger partial charge on any atom is -0.464 e. The van der Waals surface area contributed by atoms with E-state index in [4.69, 9.17) is 9.47 Å². The van der Waals surface area contributed by atoms with Crippen LogP contribution in [0.4, 0.5) is 4.39 Å². The lowest BCUT2D eigenvalue weighted by molar-refractivity contribution is 0.0594. The van der Waals surface area contributed by atoms with Gasteiger partial charge in [-0.1, -0.05) is 6.58 Å². The molecule has 0 saturated carbocycles. The number of halogens is 1. The molecule has 0 saturated heterocycles. The quantitative estimate of drug-likeness (QED) is 0.634. The van der Waals surface area contributed by atoms with Gasteiger partial charge in [-0.05, 0) is 60.7 Å². The van der Waals surface area contributed by atoms with Gasteiger partial charge in [0, 0.05) is 5.56 Å². The summed E-state index contributed by atoms with van der Waals surface area (Å²) in [5.41, 5.74) is 1.37. The van der Waals surface area contributed by atoms with Crippen LogP contribution in [0.15, 0.2) is 61.2 Å². The van der Waals surface area contributed by atoms with Crippen LogP contribution in [0.5, 0.6) is 11.5 Å². The largest absolute Gasteiger partial charge is 0.464 e. The summed E-state index contributed by atoms with van der Waals surface area (Å²) in [7, 11) is 1.29. The average Bonchev–Trinajstić information content (AvgIpc) is 2.69. The maximum absolute atomic E-state index is 12.9. The van der Waals surface area contributed by atoms with Crippen molar-refractivity contribution in [2.45, 2.75) is 0 Å². The van der Waals surface area contributed by atoms with Crippen LogP contribution in [0.3, 0.4) is 0 Å². The van der Waals surface area contributed by atoms with E-state index in [2.05, 4.69) is 16.5 Å². The Labute approximate surface area is 149 Å². The Bertz CT molecular complexity index is 938. The molecule has 6 heteroatoms. The highest BCUT2D eigenvalue weighted by atomic mass is 19.1. The van der Waals surface area contributed by atoms with E-state index < -0.39 is 5.97 Å². The monoisotopic (exact) mass is 350 g/mol. The number of methoxy groups -OCH3 is 1. The molecule has 2 aromatic carbocycles. The van der Waals surface area contributed by atoms with Gasteiger partial charge in [0.15, 0.2) is 11.5 Å². The third kappa shape index (κ3) is 3.92. The van der Waals surface area contributed by atoms with Crippen LogP contribution in [-0.2, 0) is 4.74 Å². The van der Waals surface area contributed by atoms with Gasteiger partial charge in [-0.3, -0.25) is 0 Å². The fraction of sp³-hybridized carbons (Fsp3) is 0.0500. The lowest BCUT2D eigenvalue weighted by Crippen LogP contribution is -2.07. The van der Waals surface area contributed by atoms with E-state index in [1.165, 1.54) is 31.4 Å². The Kier molecular flexibility index (Phi) is 5.03. The summed E-state index contributed by atoms with van der Waals surface area (Å²) in [5, 5.41) is 0. The molecule has 0 fully saturated rings. The van der Waals surface area contributed by atoms with Gasteiger partial charge in [0.2, 0.25) is 0 Å². The lowest BCUT2D eigenvalue weighted by Gasteiger charge is -2.08. The molecule has 0 aliphatic carbocycles. The SMILES string of the molecule is C=Cc1cc(C(=O)OC)nc(-c2ccc(Oc3ccc(F)cc3)cc2)n1. The second-order valence-corrected chi connectivity index (χ2v) is 5.28. The number of hydrogen-bond donors (Lipinski definition) is 0. The smallest absolute Gasteiger partial charge is 0.356 e. The topological polar surface area (TPSA) is 61.3 Å². The molecule has 0 aliphatic heterocycles. The first-order valence-electron chi connectivity index (χ1n) is 7.73. The lowest BCUT2D eigenvalue weighted by atomic mass is 10.2. The molecule has 5 nitrogen and oxygen atoms in total. The van der Waals surface area contributed by atoms with Crippen LogP contribution in [0.2, 0.25) is 0 Å². The van der Waals surface area contributed by atoms with Crippen molar-refractivity contribution in [1.29, 1.82) is 0 Å². The number of hydrogen-bond acceptors (Lipinski definition) is 5. The maximum atomic E-state index is 12.9. The minimum atomic E-state index is -0.548. The first-order chi connectivity index (χ1) is 12.6. The second kappa shape index (κ2) is 7.57. The first kappa shape index (κ1) is 17.3. The number of benzene rings is 2. The molecule has 3 aromatic rings. The number of nitrogens with zero attached hydrogens (tertiary/aromatic N) is 2. The van der Waals surface area contributed by atoms with Crippen molar-refractivity contribution in [2.75, 3.05) is 7.11 Å². The number of rotatable bonds is 5. The van der Waals surface area contributed by atoms with E-state index in [9.17, 15) is 9.18 Å². The molecule has 26 heavy (non-hydrogen) atoms. The van der Waals surface area contributed by atoms with Crippen LogP contribution in [0.25, 0.3) is 17.5 Å². The third-order valence-electron chi connectivity index (χ3n) is 3.51. The van der Waals surface area contributed by atoms with Crippen molar-refractivity contribution in [1.82, 2.24) is 9.97 Å². The zero-order valence-electron chi connectivity index (χ0n) is 14.0. The second-order valence-electron chi connectivity index (χ2n) is 5.28. The number of carbonyl (C=O) groups is 1. The summed E-state index contributed by atoms with van der Waals surface area (Å²) in [6.45, 7) is 3.67. The highest BCUT2D eigenvalue weighted by Gasteiger charge is 2.12. The van der Waals surface area contributed by atoms with Crippen LogP contribution in [-0.4, -0.2) is 23.0 Å². The Hall–Kier alpha value is -3.54. The Morgan fingerprint density at radius 1 is 1.04 bits per heavy atom. The normalized spacial score (nSPS) is 10.2. The van der Waals surface area contributed by atoms with Gasteiger partial charge in [-0.2, -0.15) is 0 Å². The van der Waals surface area contributed by atoms with Gasteiger partial charge in [-0.25, -0.2) is 19.2 Å². The molecular weight excluding hydrogens is 335 g/mol. The van der Waals surface area contributed by atoms with E-state index >= 15 is 0 Å². The van der Waals surface area contributed by atoms with Crippen molar-refractivity contribution in [3.8, 4) is 22.9 Å². The summed E-state index contributed by atoms with van der Waals surface area (Å²) in [4.78, 5) is 20.3. The highest BCUT2D eigenvalue weighted by molar-refractivity contribution is 5.88. The molecule has 1 aromatic heterocycles. The first-order valence-corrected chi connectivity index (χ1v) is 7.73. The molecule has 3 rings (SSSR count). The van der Waals surface area contributed by atoms with Crippen LogP contribution in [0, 0.1) is 5.82 Å². The van der Waals surface area contributed by atoms with E-state index in [-0.39, 0.29) is 11.5 Å². The van der Waals surface area contributed by atoms with E-state index in [0.29, 0.717) is 28.6 Å². The van der Waals surface area contributed by atoms with E-state index in [1.807, 2.05) is 0 Å². The number of ether oxygens (including phenoxy) is 2. The summed E-state index contributed by atoms with van der Waals surface area (Å²) in [5.74, 6) is 0.600. The summed E-state index contributed by atoms with van der Waals surface area (Å²) in [6, 6.07) is 14.3. The number of esters is 1. The van der Waals surface area contributed by atoms with Crippen molar-refractivity contribution >= 4 is 12.0 Å². The molecular formula is C20H15FN2O3. The Morgan fingerprint density at radius 2 is 1.65 bits per heavy atom. The number of aromatic nitrogens is 2. The molecule has 0 amide bonds. The standard InChI is InChI=1S/C20H15FN2O3/c1-3-15-12-18(20(24)25-2)23-19(22-15)13-4-8-16(9-5-13)26-17-10-6-14(21)7-11-17/h3-12H,1H2,2H3. The van der Waals surface area contributed by atoms with Gasteiger partial charge < -0.3 is 9.47 Å². The Morgan fingerprint density at radius 3 is 2.23 bits per heavy atom. The van der Waals surface area contributed by atoms with Crippen LogP contribution < -0.4 is 4.74 Å². The summed E-state index contributed by atoms with van der Waals surface area (Å²) < 4.78 is 23.3. The fourth-order valence-corrected chi connectivity index (χ4v) is 2.22. The van der Waals surface area contributed by atoms with Crippen molar-refractivity contribution < 1.29 is 18.7 Å². The predicted molar refractivity (Wildman–Crippen MR) is 95.4 cm³/mol. The van der Waals surface area contributed by atoms with Gasteiger partial charge in [0.05, 0.1) is 12.8 Å². The van der Waals surface area contributed by atoms with Crippen LogP contribution >= 0.6 is 0 Å². The molecule has 0 N–H and O–H groups in total. The molecule has 0 spiro atoms. The molecule has 0 unspecified atom stereocenters. The molecule has 0 atom stereocenters. The Balaban J connectivity index is 1.87. The van der Waals surface area contributed by atoms with Crippen molar-refractivity contribution in [3.05, 3.63) is 78.4 Å². The molecule has 0 bridgehead atoms. The van der Waals surface area contributed by atoms with Gasteiger partial charge in [0.1, 0.15) is 17.3 Å². The van der Waals surface area contributed by atoms with Gasteiger partial charge in [0.25, 0.3) is 0 Å². The predicted octanol–water partition coefficient (Wildman–Crippen LogP) is 4.50. The highest BCUT2D eigenvalue weighted by Crippen LogP contribution is 2.25. The van der Waals surface area contributed by atoms with Gasteiger partial charge in [-0.15, -0.1) is 0 Å². The molecule has 1 heterocycles. The summed E-state index contributed by atoms with van der Waals surface area (Å²) >= 11 is 0. The zero-order valence-corrected chi connectivity index (χ0v) is 14.0. The number of carbonyl (C=O) groups excluding carboxylic acids is 1. The third-order valence-corrected chi connectivity index (χ3v) is 3.51. The molecule has 0 aliphatic rings. The van der Waals surface area contributed by atoms with Crippen molar-refractivity contribution in [2.24, 2.45) is 0 Å². The average molecular weight is 350 g/mol. The van der Waals surface area contributed by atoms with E-state index in [1.54, 1.807) is 36.4 Å². The molecule has 130 valence electrons. The minimum absolute atomic E-state index is 0.152.